The van der Waals surface area contributed by atoms with Crippen LogP contribution in [0.2, 0.25) is 0 Å². The molecular weight excluding hydrogens is 292 g/mol. The predicted molar refractivity (Wildman–Crippen MR) is 89.5 cm³/mol. The van der Waals surface area contributed by atoms with E-state index in [1.807, 2.05) is 34.9 Å². The third-order valence-corrected chi connectivity index (χ3v) is 3.89. The van der Waals surface area contributed by atoms with Gasteiger partial charge in [-0.25, -0.2) is 0 Å². The number of hydrogen-bond donors (Lipinski definition) is 1. The molecule has 0 fully saturated rings. The van der Waals surface area contributed by atoms with E-state index in [2.05, 4.69) is 39.4 Å². The second-order valence-corrected chi connectivity index (χ2v) is 5.31. The van der Waals surface area contributed by atoms with Gasteiger partial charge in [-0.3, -0.25) is 14.6 Å². The Morgan fingerprint density at radius 3 is 2.55 bits per heavy atom. The molecule has 0 saturated carbocycles. The summed E-state index contributed by atoms with van der Waals surface area (Å²) >= 11 is 5.45. The number of benzene rings is 2. The van der Waals surface area contributed by atoms with Gasteiger partial charge < -0.3 is 0 Å². The second-order valence-electron chi connectivity index (χ2n) is 4.92. The topological polar surface area (TPSA) is 46.5 Å². The van der Waals surface area contributed by atoms with Gasteiger partial charge in [0.15, 0.2) is 10.6 Å². The largest absolute Gasteiger partial charge is 0.268 e. The van der Waals surface area contributed by atoms with E-state index in [9.17, 15) is 0 Å². The van der Waals surface area contributed by atoms with E-state index in [-0.39, 0.29) is 0 Å². The van der Waals surface area contributed by atoms with Crippen LogP contribution in [0.25, 0.3) is 27.8 Å². The maximum Gasteiger partial charge on any atom is 0.200 e. The summed E-state index contributed by atoms with van der Waals surface area (Å²) in [5.74, 6) is 0.781. The molecular formula is C17H12N4S. The van der Waals surface area contributed by atoms with Gasteiger partial charge in [0.2, 0.25) is 0 Å². The maximum absolute atomic E-state index is 5.45. The molecule has 4 nitrogen and oxygen atoms in total. The van der Waals surface area contributed by atoms with Gasteiger partial charge in [-0.1, -0.05) is 36.4 Å². The molecule has 5 heteroatoms. The number of fused-ring (bicyclic) bond motifs is 1. The zero-order chi connectivity index (χ0) is 14.9. The minimum atomic E-state index is 0.572. The zero-order valence-corrected chi connectivity index (χ0v) is 12.4. The van der Waals surface area contributed by atoms with Crippen LogP contribution in [0.3, 0.4) is 0 Å². The molecule has 106 valence electrons. The molecule has 1 N–H and O–H groups in total. The van der Waals surface area contributed by atoms with Gasteiger partial charge in [-0.05, 0) is 35.8 Å². The lowest BCUT2D eigenvalue weighted by atomic mass is 10.1. The molecule has 22 heavy (non-hydrogen) atoms. The van der Waals surface area contributed by atoms with Crippen LogP contribution in [0.1, 0.15) is 0 Å². The van der Waals surface area contributed by atoms with Crippen molar-refractivity contribution >= 4 is 23.0 Å². The zero-order valence-electron chi connectivity index (χ0n) is 11.6. The number of nitrogens with one attached hydrogen (secondary N) is 1. The van der Waals surface area contributed by atoms with Crippen molar-refractivity contribution in [3.63, 3.8) is 0 Å². The highest BCUT2D eigenvalue weighted by molar-refractivity contribution is 7.71. The summed E-state index contributed by atoms with van der Waals surface area (Å²) < 4.78 is 2.54. The predicted octanol–water partition coefficient (Wildman–Crippen LogP) is 4.15. The first kappa shape index (κ1) is 12.9. The number of hydrogen-bond acceptors (Lipinski definition) is 3. The SMILES string of the molecule is S=c1[nH]nc(-c2ccncc2)n1-c1cccc2ccccc12. The van der Waals surface area contributed by atoms with Crippen LogP contribution in [-0.4, -0.2) is 19.7 Å². The number of aromatic nitrogens is 4. The number of nitrogens with zero attached hydrogens (tertiary/aromatic N) is 3. The molecule has 0 saturated heterocycles. The van der Waals surface area contributed by atoms with Crippen molar-refractivity contribution in [1.29, 1.82) is 0 Å². The normalized spacial score (nSPS) is 10.9. The molecule has 0 unspecified atom stereocenters. The summed E-state index contributed by atoms with van der Waals surface area (Å²) in [6, 6.07) is 18.3. The molecule has 0 aliphatic carbocycles. The lowest BCUT2D eigenvalue weighted by Crippen LogP contribution is -1.98. The fraction of sp³-hybridized carbons (Fsp3) is 0. The van der Waals surface area contributed by atoms with Crippen LogP contribution >= 0.6 is 12.2 Å². The minimum Gasteiger partial charge on any atom is -0.268 e. The van der Waals surface area contributed by atoms with Crippen LogP contribution in [0.5, 0.6) is 0 Å². The van der Waals surface area contributed by atoms with Crippen molar-refractivity contribution < 1.29 is 0 Å². The first-order valence-corrected chi connectivity index (χ1v) is 7.31. The molecule has 4 aromatic rings. The highest BCUT2D eigenvalue weighted by Crippen LogP contribution is 2.26. The average molecular weight is 304 g/mol. The Balaban J connectivity index is 2.04. The Hall–Kier alpha value is -2.79. The third kappa shape index (κ3) is 2.03. The number of rotatable bonds is 2. The van der Waals surface area contributed by atoms with E-state index in [4.69, 9.17) is 12.2 Å². The summed E-state index contributed by atoms with van der Waals surface area (Å²) in [7, 11) is 0. The van der Waals surface area contributed by atoms with Crippen molar-refractivity contribution in [3.8, 4) is 17.1 Å². The van der Waals surface area contributed by atoms with Crippen LogP contribution in [0.4, 0.5) is 0 Å². The smallest absolute Gasteiger partial charge is 0.200 e. The molecule has 2 aromatic heterocycles. The van der Waals surface area contributed by atoms with Gasteiger partial charge >= 0.3 is 0 Å². The molecule has 2 heterocycles. The first-order valence-electron chi connectivity index (χ1n) is 6.90. The number of aromatic amines is 1. The lowest BCUT2D eigenvalue weighted by Gasteiger charge is -2.10. The van der Waals surface area contributed by atoms with Gasteiger partial charge in [0.25, 0.3) is 0 Å². The number of H-pyrrole nitrogens is 1. The fourth-order valence-corrected chi connectivity index (χ4v) is 2.85. The van der Waals surface area contributed by atoms with Crippen molar-refractivity contribution in [1.82, 2.24) is 19.7 Å². The molecule has 0 aliphatic heterocycles. The van der Waals surface area contributed by atoms with Crippen molar-refractivity contribution in [2.75, 3.05) is 0 Å². The lowest BCUT2D eigenvalue weighted by molar-refractivity contribution is 1.04. The maximum atomic E-state index is 5.45. The standard InChI is InChI=1S/C17H12N4S/c22-17-20-19-16(13-8-10-18-11-9-13)21(17)15-7-3-5-12-4-1-2-6-14(12)15/h1-11H,(H,20,22). The first-order chi connectivity index (χ1) is 10.8. The molecule has 0 aliphatic rings. The van der Waals surface area contributed by atoms with Crippen LogP contribution in [0, 0.1) is 4.77 Å². The Bertz CT molecular complexity index is 997. The highest BCUT2D eigenvalue weighted by atomic mass is 32.1. The molecule has 0 bridgehead atoms. The van der Waals surface area contributed by atoms with Gasteiger partial charge in [-0.2, -0.15) is 5.10 Å². The molecule has 0 amide bonds. The Morgan fingerprint density at radius 1 is 0.909 bits per heavy atom. The van der Waals surface area contributed by atoms with Gasteiger partial charge in [0.05, 0.1) is 5.69 Å². The molecule has 2 aromatic carbocycles. The Morgan fingerprint density at radius 2 is 1.68 bits per heavy atom. The van der Waals surface area contributed by atoms with Crippen LogP contribution < -0.4 is 0 Å². The summed E-state index contributed by atoms with van der Waals surface area (Å²) in [5, 5.41) is 9.59. The van der Waals surface area contributed by atoms with Crippen LogP contribution in [-0.2, 0) is 0 Å². The van der Waals surface area contributed by atoms with E-state index in [1.165, 1.54) is 5.39 Å². The monoisotopic (exact) mass is 304 g/mol. The van der Waals surface area contributed by atoms with Crippen molar-refractivity contribution in [3.05, 3.63) is 71.8 Å². The quantitative estimate of drug-likeness (QED) is 0.566. The van der Waals surface area contributed by atoms with E-state index >= 15 is 0 Å². The summed E-state index contributed by atoms with van der Waals surface area (Å²) in [6.07, 6.45) is 3.50. The Kier molecular flexibility index (Phi) is 3.05. The Labute approximate surface area is 132 Å². The minimum absolute atomic E-state index is 0.572. The van der Waals surface area contributed by atoms with Crippen molar-refractivity contribution in [2.45, 2.75) is 0 Å². The van der Waals surface area contributed by atoms with E-state index in [1.54, 1.807) is 12.4 Å². The van der Waals surface area contributed by atoms with E-state index < -0.39 is 0 Å². The molecule has 0 radical (unpaired) electrons. The molecule has 4 rings (SSSR count). The fourth-order valence-electron chi connectivity index (χ4n) is 2.62. The number of pyridine rings is 1. The van der Waals surface area contributed by atoms with Crippen molar-refractivity contribution in [2.24, 2.45) is 0 Å². The average Bonchev–Trinajstić information content (AvgIpc) is 2.96. The molecule has 0 atom stereocenters. The van der Waals surface area contributed by atoms with E-state index in [0.717, 1.165) is 22.5 Å². The van der Waals surface area contributed by atoms with Gasteiger partial charge in [0.1, 0.15) is 0 Å². The summed E-state index contributed by atoms with van der Waals surface area (Å²) in [5.41, 5.74) is 1.99. The second kappa shape index (κ2) is 5.20. The van der Waals surface area contributed by atoms with Gasteiger partial charge in [0, 0.05) is 23.3 Å². The third-order valence-electron chi connectivity index (χ3n) is 3.62. The summed E-state index contributed by atoms with van der Waals surface area (Å²) in [4.78, 5) is 4.06. The van der Waals surface area contributed by atoms with Crippen LogP contribution in [0.15, 0.2) is 67.0 Å². The summed E-state index contributed by atoms with van der Waals surface area (Å²) in [6.45, 7) is 0. The van der Waals surface area contributed by atoms with E-state index in [0.29, 0.717) is 4.77 Å². The molecule has 0 spiro atoms. The highest BCUT2D eigenvalue weighted by Gasteiger charge is 2.12. The van der Waals surface area contributed by atoms with Gasteiger partial charge in [-0.15, -0.1) is 0 Å².